The van der Waals surface area contributed by atoms with Crippen molar-refractivity contribution in [1.82, 2.24) is 14.9 Å². The van der Waals surface area contributed by atoms with Crippen LogP contribution in [0, 0.1) is 0 Å². The second-order valence-electron chi connectivity index (χ2n) is 5.53. The van der Waals surface area contributed by atoms with Crippen molar-refractivity contribution in [1.29, 1.82) is 0 Å². The molecule has 0 N–H and O–H groups in total. The summed E-state index contributed by atoms with van der Waals surface area (Å²) in [4.78, 5) is 12.6. The molecule has 3 rings (SSSR count). The van der Waals surface area contributed by atoms with Crippen molar-refractivity contribution in [3.8, 4) is 0 Å². The Hall–Kier alpha value is -2.15. The van der Waals surface area contributed by atoms with Crippen LogP contribution in [0.15, 0.2) is 42.9 Å². The molecule has 0 unspecified atom stereocenters. The lowest BCUT2D eigenvalue weighted by Gasteiger charge is -2.35. The van der Waals surface area contributed by atoms with Gasteiger partial charge in [-0.1, -0.05) is 12.1 Å². The molecule has 2 heterocycles. The molecular weight excluding hydrogens is 305 g/mol. The second kappa shape index (κ2) is 6.54. The summed E-state index contributed by atoms with van der Waals surface area (Å²) in [5, 5.41) is 0. The van der Waals surface area contributed by atoms with Gasteiger partial charge in [0.15, 0.2) is 0 Å². The molecule has 2 aromatic rings. The van der Waals surface area contributed by atoms with Crippen LogP contribution in [0.5, 0.6) is 0 Å². The fourth-order valence-electron chi connectivity index (χ4n) is 2.66. The normalized spacial score (nSPS) is 16.6. The van der Waals surface area contributed by atoms with Crippen LogP contribution in [-0.2, 0) is 12.7 Å². The number of nitrogens with zero attached hydrogens (tertiary/aromatic N) is 4. The van der Waals surface area contributed by atoms with Crippen molar-refractivity contribution in [2.75, 3.05) is 31.1 Å². The van der Waals surface area contributed by atoms with E-state index in [1.807, 2.05) is 6.07 Å². The van der Waals surface area contributed by atoms with Crippen LogP contribution in [0.4, 0.5) is 19.0 Å². The van der Waals surface area contributed by atoms with E-state index in [1.165, 1.54) is 6.33 Å². The molecule has 0 aliphatic carbocycles. The highest BCUT2D eigenvalue weighted by atomic mass is 19.4. The van der Waals surface area contributed by atoms with Gasteiger partial charge in [-0.05, 0) is 23.8 Å². The first-order valence-corrected chi connectivity index (χ1v) is 7.42. The van der Waals surface area contributed by atoms with Gasteiger partial charge in [-0.2, -0.15) is 13.2 Å². The number of alkyl halides is 3. The third-order valence-electron chi connectivity index (χ3n) is 3.95. The molecule has 1 fully saturated rings. The number of rotatable bonds is 3. The number of anilines is 1. The summed E-state index contributed by atoms with van der Waals surface area (Å²) in [6.45, 7) is 4.06. The second-order valence-corrected chi connectivity index (χ2v) is 5.53. The van der Waals surface area contributed by atoms with Crippen LogP contribution in [0.3, 0.4) is 0 Å². The van der Waals surface area contributed by atoms with Gasteiger partial charge in [-0.3, -0.25) is 4.90 Å². The third-order valence-corrected chi connectivity index (χ3v) is 3.95. The fraction of sp³-hybridized carbons (Fsp3) is 0.375. The van der Waals surface area contributed by atoms with Gasteiger partial charge in [0.2, 0.25) is 0 Å². The SMILES string of the molecule is FC(F)(F)c1ccc(CN2CCN(c3ccncn3)CC2)cc1. The van der Waals surface area contributed by atoms with Gasteiger partial charge in [0.25, 0.3) is 0 Å². The summed E-state index contributed by atoms with van der Waals surface area (Å²) in [5.41, 5.74) is 0.295. The number of piperazine rings is 1. The molecule has 7 heteroatoms. The molecule has 0 radical (unpaired) electrons. The molecule has 1 aliphatic rings. The van der Waals surface area contributed by atoms with E-state index < -0.39 is 11.7 Å². The molecule has 23 heavy (non-hydrogen) atoms. The maximum atomic E-state index is 12.6. The van der Waals surface area contributed by atoms with Crippen LogP contribution in [-0.4, -0.2) is 41.0 Å². The molecule has 4 nitrogen and oxygen atoms in total. The smallest absolute Gasteiger partial charge is 0.354 e. The lowest BCUT2D eigenvalue weighted by molar-refractivity contribution is -0.137. The number of benzene rings is 1. The maximum Gasteiger partial charge on any atom is 0.416 e. The molecule has 0 bridgehead atoms. The first-order chi connectivity index (χ1) is 11.0. The monoisotopic (exact) mass is 322 g/mol. The van der Waals surface area contributed by atoms with Crippen molar-refractivity contribution >= 4 is 5.82 Å². The topological polar surface area (TPSA) is 32.3 Å². The average molecular weight is 322 g/mol. The molecule has 1 saturated heterocycles. The summed E-state index contributed by atoms with van der Waals surface area (Å²) in [5.74, 6) is 0.911. The van der Waals surface area contributed by atoms with Gasteiger partial charge in [0.1, 0.15) is 12.1 Å². The zero-order valence-electron chi connectivity index (χ0n) is 12.5. The zero-order valence-corrected chi connectivity index (χ0v) is 12.5. The molecule has 1 aromatic carbocycles. The minimum absolute atomic E-state index is 0.602. The Morgan fingerprint density at radius 2 is 1.65 bits per heavy atom. The van der Waals surface area contributed by atoms with Gasteiger partial charge in [0.05, 0.1) is 5.56 Å². The minimum atomic E-state index is -4.28. The average Bonchev–Trinajstić information content (AvgIpc) is 2.56. The molecule has 1 aliphatic heterocycles. The van der Waals surface area contributed by atoms with Crippen molar-refractivity contribution in [2.45, 2.75) is 12.7 Å². The highest BCUT2D eigenvalue weighted by Crippen LogP contribution is 2.29. The van der Waals surface area contributed by atoms with E-state index in [4.69, 9.17) is 0 Å². The van der Waals surface area contributed by atoms with Crippen molar-refractivity contribution in [3.05, 3.63) is 54.0 Å². The predicted octanol–water partition coefficient (Wildman–Crippen LogP) is 2.82. The number of hydrogen-bond acceptors (Lipinski definition) is 4. The Morgan fingerprint density at radius 1 is 0.957 bits per heavy atom. The predicted molar refractivity (Wildman–Crippen MR) is 81.0 cm³/mol. The van der Waals surface area contributed by atoms with Gasteiger partial charge < -0.3 is 4.90 Å². The van der Waals surface area contributed by atoms with Gasteiger partial charge in [0, 0.05) is 38.9 Å². The van der Waals surface area contributed by atoms with Gasteiger partial charge in [-0.15, -0.1) is 0 Å². The Balaban J connectivity index is 1.55. The Labute approximate surface area is 132 Å². The first-order valence-electron chi connectivity index (χ1n) is 7.42. The third kappa shape index (κ3) is 3.98. The van der Waals surface area contributed by atoms with Crippen molar-refractivity contribution in [3.63, 3.8) is 0 Å². The molecular formula is C16H17F3N4. The molecule has 0 saturated carbocycles. The van der Waals surface area contributed by atoms with E-state index >= 15 is 0 Å². The number of hydrogen-bond donors (Lipinski definition) is 0. The van der Waals surface area contributed by atoms with Crippen LogP contribution in [0.2, 0.25) is 0 Å². The van der Waals surface area contributed by atoms with Gasteiger partial charge >= 0.3 is 6.18 Å². The standard InChI is InChI=1S/C16H17F3N4/c17-16(18,19)14-3-1-13(2-4-14)11-22-7-9-23(10-8-22)15-5-6-20-12-21-15/h1-6,12H,7-11H2. The van der Waals surface area contributed by atoms with Crippen LogP contribution in [0.25, 0.3) is 0 Å². The summed E-state index contributed by atoms with van der Waals surface area (Å²) in [6.07, 6.45) is -1.03. The van der Waals surface area contributed by atoms with E-state index in [0.717, 1.165) is 49.7 Å². The Kier molecular flexibility index (Phi) is 4.47. The van der Waals surface area contributed by atoms with Crippen molar-refractivity contribution in [2.24, 2.45) is 0 Å². The Morgan fingerprint density at radius 3 is 2.22 bits per heavy atom. The zero-order chi connectivity index (χ0) is 16.3. The van der Waals surface area contributed by atoms with E-state index in [0.29, 0.717) is 6.54 Å². The Bertz CT molecular complexity index is 620. The maximum absolute atomic E-state index is 12.6. The van der Waals surface area contributed by atoms with E-state index in [2.05, 4.69) is 19.8 Å². The molecule has 0 amide bonds. The summed E-state index contributed by atoms with van der Waals surface area (Å²) in [7, 11) is 0. The highest BCUT2D eigenvalue weighted by molar-refractivity contribution is 5.37. The van der Waals surface area contributed by atoms with E-state index in [1.54, 1.807) is 18.3 Å². The van der Waals surface area contributed by atoms with Crippen LogP contribution < -0.4 is 4.90 Å². The largest absolute Gasteiger partial charge is 0.416 e. The molecule has 1 aromatic heterocycles. The molecule has 122 valence electrons. The first kappa shape index (κ1) is 15.7. The summed E-state index contributed by atoms with van der Waals surface area (Å²) >= 11 is 0. The minimum Gasteiger partial charge on any atom is -0.354 e. The highest BCUT2D eigenvalue weighted by Gasteiger charge is 2.30. The van der Waals surface area contributed by atoms with E-state index in [9.17, 15) is 13.2 Å². The summed E-state index contributed by atoms with van der Waals surface area (Å²) < 4.78 is 37.7. The fourth-order valence-corrected chi connectivity index (χ4v) is 2.66. The molecule has 0 atom stereocenters. The molecule has 0 spiro atoms. The van der Waals surface area contributed by atoms with Crippen LogP contribution in [0.1, 0.15) is 11.1 Å². The van der Waals surface area contributed by atoms with Crippen molar-refractivity contribution < 1.29 is 13.2 Å². The van der Waals surface area contributed by atoms with Gasteiger partial charge in [-0.25, -0.2) is 9.97 Å². The lowest BCUT2D eigenvalue weighted by atomic mass is 10.1. The summed E-state index contributed by atoms with van der Waals surface area (Å²) in [6, 6.07) is 7.28. The number of aromatic nitrogens is 2. The lowest BCUT2D eigenvalue weighted by Crippen LogP contribution is -2.46. The quantitative estimate of drug-likeness (QED) is 0.870. The number of halogens is 3. The van der Waals surface area contributed by atoms with Crippen LogP contribution >= 0.6 is 0 Å². The van der Waals surface area contributed by atoms with E-state index in [-0.39, 0.29) is 0 Å².